The number of aryl methyl sites for hydroxylation is 1. The molecule has 4 nitrogen and oxygen atoms in total. The molecular weight excluding hydrogens is 352 g/mol. The number of carbonyl (C=O) groups is 2. The minimum atomic E-state index is -4.48. The lowest BCUT2D eigenvalue weighted by molar-refractivity contribution is -0.123. The molecule has 0 aliphatic heterocycles. The van der Waals surface area contributed by atoms with Gasteiger partial charge in [-0.25, -0.2) is 4.39 Å². The third kappa shape index (κ3) is 6.54. The molecule has 0 spiro atoms. The summed E-state index contributed by atoms with van der Waals surface area (Å²) in [6, 6.07) is 11.4. The van der Waals surface area contributed by atoms with Crippen LogP contribution in [0.15, 0.2) is 48.5 Å². The summed E-state index contributed by atoms with van der Waals surface area (Å²) in [6.07, 6.45) is -3.98. The van der Waals surface area contributed by atoms with Gasteiger partial charge < -0.3 is 10.6 Å². The van der Waals surface area contributed by atoms with E-state index in [-0.39, 0.29) is 23.7 Å². The molecule has 0 aliphatic carbocycles. The fraction of sp³-hybridized carbons (Fsp3) is 0.222. The van der Waals surface area contributed by atoms with Crippen molar-refractivity contribution in [3.63, 3.8) is 0 Å². The first-order valence-corrected chi connectivity index (χ1v) is 7.72. The molecule has 2 rings (SSSR count). The van der Waals surface area contributed by atoms with Crippen LogP contribution in [0.2, 0.25) is 0 Å². The molecule has 0 atom stereocenters. The van der Waals surface area contributed by atoms with E-state index in [1.54, 1.807) is 17.4 Å². The summed E-state index contributed by atoms with van der Waals surface area (Å²) in [5, 5.41) is 4.37. The van der Waals surface area contributed by atoms with Gasteiger partial charge in [-0.05, 0) is 48.4 Å². The van der Waals surface area contributed by atoms with Crippen molar-refractivity contribution in [2.75, 3.05) is 11.9 Å². The molecule has 2 aromatic rings. The van der Waals surface area contributed by atoms with Crippen molar-refractivity contribution >= 4 is 17.5 Å². The lowest BCUT2D eigenvalue weighted by Gasteiger charge is -2.09. The molecule has 8 heteroatoms. The average Bonchev–Trinajstić information content (AvgIpc) is 2.58. The van der Waals surface area contributed by atoms with Gasteiger partial charge in [0.05, 0.1) is 0 Å². The quantitative estimate of drug-likeness (QED) is 0.764. The van der Waals surface area contributed by atoms with Crippen LogP contribution in [0.5, 0.6) is 0 Å². The van der Waals surface area contributed by atoms with E-state index in [4.69, 9.17) is 0 Å². The van der Waals surface area contributed by atoms with Crippen LogP contribution >= 0.6 is 0 Å². The van der Waals surface area contributed by atoms with E-state index in [1.807, 2.05) is 0 Å². The Balaban J connectivity index is 1.84. The van der Waals surface area contributed by atoms with Gasteiger partial charge in [-0.3, -0.25) is 9.59 Å². The highest BCUT2D eigenvalue weighted by atomic mass is 19.4. The minimum absolute atomic E-state index is 0.0482. The standard InChI is InChI=1S/C18H16F4N2O2/c19-14-3-1-2-12(10-14)4-9-16(25)24-15-7-5-13(6-8-15)17(26)23-11-18(20,21)22/h1-3,5-8,10H,4,9,11H2,(H,23,26)(H,24,25). The lowest BCUT2D eigenvalue weighted by Crippen LogP contribution is -2.33. The van der Waals surface area contributed by atoms with Crippen LogP contribution in [0.4, 0.5) is 23.2 Å². The van der Waals surface area contributed by atoms with Crippen LogP contribution in [-0.4, -0.2) is 24.5 Å². The molecule has 26 heavy (non-hydrogen) atoms. The zero-order valence-electron chi connectivity index (χ0n) is 13.6. The van der Waals surface area contributed by atoms with Crippen molar-refractivity contribution in [3.05, 3.63) is 65.5 Å². The highest BCUT2D eigenvalue weighted by Gasteiger charge is 2.27. The van der Waals surface area contributed by atoms with E-state index >= 15 is 0 Å². The molecule has 0 aliphatic rings. The van der Waals surface area contributed by atoms with E-state index in [2.05, 4.69) is 5.32 Å². The van der Waals surface area contributed by atoms with E-state index < -0.39 is 18.6 Å². The fourth-order valence-corrected chi connectivity index (χ4v) is 2.16. The van der Waals surface area contributed by atoms with Gasteiger partial charge in [-0.1, -0.05) is 12.1 Å². The third-order valence-electron chi connectivity index (χ3n) is 3.41. The Kier molecular flexibility index (Phi) is 6.32. The maximum absolute atomic E-state index is 13.1. The van der Waals surface area contributed by atoms with Gasteiger partial charge in [0.1, 0.15) is 12.4 Å². The van der Waals surface area contributed by atoms with Crippen LogP contribution in [0.25, 0.3) is 0 Å². The molecule has 0 aromatic heterocycles. The highest BCUT2D eigenvalue weighted by molar-refractivity contribution is 5.95. The van der Waals surface area contributed by atoms with Gasteiger partial charge in [-0.2, -0.15) is 13.2 Å². The molecule has 0 unspecified atom stereocenters. The number of anilines is 1. The van der Waals surface area contributed by atoms with Gasteiger partial charge in [0.15, 0.2) is 0 Å². The molecule has 0 radical (unpaired) electrons. The average molecular weight is 368 g/mol. The van der Waals surface area contributed by atoms with Crippen LogP contribution in [0.1, 0.15) is 22.3 Å². The molecule has 2 N–H and O–H groups in total. The first-order chi connectivity index (χ1) is 12.2. The van der Waals surface area contributed by atoms with E-state index in [0.717, 1.165) is 0 Å². The number of nitrogens with one attached hydrogen (secondary N) is 2. The Morgan fingerprint density at radius 2 is 1.69 bits per heavy atom. The molecular formula is C18H16F4N2O2. The topological polar surface area (TPSA) is 58.2 Å². The van der Waals surface area contributed by atoms with Gasteiger partial charge in [0, 0.05) is 17.7 Å². The van der Waals surface area contributed by atoms with Crippen molar-refractivity contribution in [1.82, 2.24) is 5.32 Å². The predicted octanol–water partition coefficient (Wildman–Crippen LogP) is 3.69. The van der Waals surface area contributed by atoms with Crippen molar-refractivity contribution in [2.45, 2.75) is 19.0 Å². The Hall–Kier alpha value is -2.90. The van der Waals surface area contributed by atoms with Crippen molar-refractivity contribution in [1.29, 1.82) is 0 Å². The maximum Gasteiger partial charge on any atom is 0.405 e. The zero-order valence-corrected chi connectivity index (χ0v) is 13.6. The van der Waals surface area contributed by atoms with Crippen LogP contribution < -0.4 is 10.6 Å². The van der Waals surface area contributed by atoms with Crippen LogP contribution in [0, 0.1) is 5.82 Å². The Bertz CT molecular complexity index is 774. The molecule has 138 valence electrons. The van der Waals surface area contributed by atoms with Crippen LogP contribution in [-0.2, 0) is 11.2 Å². The van der Waals surface area contributed by atoms with Crippen molar-refractivity contribution < 1.29 is 27.2 Å². The number of alkyl halides is 3. The van der Waals surface area contributed by atoms with Gasteiger partial charge >= 0.3 is 6.18 Å². The third-order valence-corrected chi connectivity index (χ3v) is 3.41. The number of benzene rings is 2. The summed E-state index contributed by atoms with van der Waals surface area (Å²) in [6.45, 7) is -1.41. The van der Waals surface area contributed by atoms with Crippen molar-refractivity contribution in [3.8, 4) is 0 Å². The van der Waals surface area contributed by atoms with E-state index in [9.17, 15) is 27.2 Å². The molecule has 2 amide bonds. The summed E-state index contributed by atoms with van der Waals surface area (Å²) in [5.41, 5.74) is 1.14. The van der Waals surface area contributed by atoms with E-state index in [0.29, 0.717) is 17.7 Å². The minimum Gasteiger partial charge on any atom is -0.343 e. The Morgan fingerprint density at radius 3 is 2.31 bits per heavy atom. The Labute approximate surface area is 147 Å². The SMILES string of the molecule is O=C(CCc1cccc(F)c1)Nc1ccc(C(=O)NCC(F)(F)F)cc1. The number of rotatable bonds is 6. The second-order valence-electron chi connectivity index (χ2n) is 5.55. The summed E-state index contributed by atoms with van der Waals surface area (Å²) < 4.78 is 49.3. The highest BCUT2D eigenvalue weighted by Crippen LogP contribution is 2.14. The largest absolute Gasteiger partial charge is 0.405 e. The summed E-state index contributed by atoms with van der Waals surface area (Å²) in [4.78, 5) is 23.5. The van der Waals surface area contributed by atoms with Gasteiger partial charge in [-0.15, -0.1) is 0 Å². The fourth-order valence-electron chi connectivity index (χ4n) is 2.16. The first-order valence-electron chi connectivity index (χ1n) is 7.72. The summed E-state index contributed by atoms with van der Waals surface area (Å²) in [5.74, 6) is -1.53. The lowest BCUT2D eigenvalue weighted by atomic mass is 10.1. The van der Waals surface area contributed by atoms with Gasteiger partial charge in [0.2, 0.25) is 5.91 Å². The second-order valence-corrected chi connectivity index (χ2v) is 5.55. The molecule has 0 heterocycles. The number of halogens is 4. The maximum atomic E-state index is 13.1. The first kappa shape index (κ1) is 19.4. The monoisotopic (exact) mass is 368 g/mol. The number of amides is 2. The Morgan fingerprint density at radius 1 is 1.00 bits per heavy atom. The smallest absolute Gasteiger partial charge is 0.343 e. The van der Waals surface area contributed by atoms with Crippen LogP contribution in [0.3, 0.4) is 0 Å². The summed E-state index contributed by atoms with van der Waals surface area (Å²) >= 11 is 0. The normalized spacial score (nSPS) is 11.1. The number of hydrogen-bond acceptors (Lipinski definition) is 2. The van der Waals surface area contributed by atoms with Gasteiger partial charge in [0.25, 0.3) is 5.91 Å². The summed E-state index contributed by atoms with van der Waals surface area (Å²) in [7, 11) is 0. The predicted molar refractivity (Wildman–Crippen MR) is 88.2 cm³/mol. The molecule has 0 bridgehead atoms. The molecule has 0 saturated heterocycles. The molecule has 0 fully saturated rings. The number of carbonyl (C=O) groups excluding carboxylic acids is 2. The van der Waals surface area contributed by atoms with Crippen molar-refractivity contribution in [2.24, 2.45) is 0 Å². The molecule has 0 saturated carbocycles. The molecule has 2 aromatic carbocycles. The number of hydrogen-bond donors (Lipinski definition) is 2. The zero-order chi connectivity index (χ0) is 19.2. The second kappa shape index (κ2) is 8.46. The van der Waals surface area contributed by atoms with E-state index in [1.165, 1.54) is 36.4 Å².